The van der Waals surface area contributed by atoms with Crippen LogP contribution in [0.2, 0.25) is 0 Å². The molecule has 1 aromatic heterocycles. The Bertz CT molecular complexity index is 818. The number of nitrogens with zero attached hydrogens (tertiary/aromatic N) is 3. The van der Waals surface area contributed by atoms with Gasteiger partial charge in [-0.05, 0) is 36.1 Å². The summed E-state index contributed by atoms with van der Waals surface area (Å²) in [4.78, 5) is 10.7. The molecule has 8 heteroatoms. The number of aliphatic imine (C=N–C) groups is 1. The van der Waals surface area contributed by atoms with E-state index >= 15 is 0 Å². The molecule has 5 nitrogen and oxygen atoms in total. The average Bonchev–Trinajstić information content (AvgIpc) is 2.70. The van der Waals surface area contributed by atoms with Crippen molar-refractivity contribution < 1.29 is 13.2 Å². The zero-order valence-electron chi connectivity index (χ0n) is 17.2. The van der Waals surface area contributed by atoms with Gasteiger partial charge in [0.25, 0.3) is 0 Å². The first-order valence-electron chi connectivity index (χ1n) is 9.45. The second kappa shape index (κ2) is 10.1. The molecule has 0 aliphatic carbocycles. The minimum atomic E-state index is -4.32. The van der Waals surface area contributed by atoms with E-state index in [9.17, 15) is 13.2 Å². The summed E-state index contributed by atoms with van der Waals surface area (Å²) in [6.07, 6.45) is -3.64. The number of hydrogen-bond donors (Lipinski definition) is 2. The fraction of sp³-hybridized carbons (Fsp3) is 0.429. The molecular weight excluding hydrogens is 379 g/mol. The lowest BCUT2D eigenvalue weighted by atomic mass is 9.96. The lowest BCUT2D eigenvalue weighted by Gasteiger charge is -2.17. The maximum absolute atomic E-state index is 12.9. The van der Waals surface area contributed by atoms with Crippen LogP contribution in [-0.2, 0) is 12.7 Å². The Morgan fingerprint density at radius 2 is 1.86 bits per heavy atom. The molecule has 0 aliphatic rings. The molecule has 29 heavy (non-hydrogen) atoms. The Morgan fingerprint density at radius 1 is 1.14 bits per heavy atom. The van der Waals surface area contributed by atoms with Gasteiger partial charge in [0.15, 0.2) is 5.96 Å². The molecule has 2 N–H and O–H groups in total. The summed E-state index contributed by atoms with van der Waals surface area (Å²) >= 11 is 0. The van der Waals surface area contributed by atoms with Gasteiger partial charge in [-0.2, -0.15) is 13.2 Å². The highest BCUT2D eigenvalue weighted by molar-refractivity contribution is 5.79. The minimum absolute atomic E-state index is 0.0126. The zero-order chi connectivity index (χ0) is 21.4. The van der Waals surface area contributed by atoms with Gasteiger partial charge in [-0.3, -0.25) is 4.99 Å². The van der Waals surface area contributed by atoms with E-state index in [4.69, 9.17) is 0 Å². The highest BCUT2D eigenvalue weighted by atomic mass is 19.4. The molecule has 1 heterocycles. The number of rotatable bonds is 7. The first-order valence-corrected chi connectivity index (χ1v) is 9.45. The number of halogens is 3. The largest absolute Gasteiger partial charge is 0.416 e. The van der Waals surface area contributed by atoms with Crippen LogP contribution < -0.4 is 15.5 Å². The van der Waals surface area contributed by atoms with E-state index in [1.807, 2.05) is 44.1 Å². The lowest BCUT2D eigenvalue weighted by Crippen LogP contribution is -2.37. The quantitative estimate of drug-likeness (QED) is 0.538. The molecule has 0 aliphatic heterocycles. The predicted molar refractivity (Wildman–Crippen MR) is 111 cm³/mol. The number of benzene rings is 1. The van der Waals surface area contributed by atoms with Crippen LogP contribution in [0.3, 0.4) is 0 Å². The number of nitrogens with one attached hydrogen (secondary N) is 2. The Morgan fingerprint density at radius 3 is 2.52 bits per heavy atom. The van der Waals surface area contributed by atoms with Gasteiger partial charge in [0, 0.05) is 27.7 Å². The second-order valence-electron chi connectivity index (χ2n) is 7.05. The number of pyridine rings is 1. The third-order valence-corrected chi connectivity index (χ3v) is 4.56. The van der Waals surface area contributed by atoms with Gasteiger partial charge in [0.1, 0.15) is 5.82 Å². The molecule has 1 aromatic carbocycles. The van der Waals surface area contributed by atoms with E-state index in [0.29, 0.717) is 31.0 Å². The molecule has 0 saturated heterocycles. The Balaban J connectivity index is 1.85. The summed E-state index contributed by atoms with van der Waals surface area (Å²) in [5, 5.41) is 6.40. The molecule has 2 aromatic rings. The minimum Gasteiger partial charge on any atom is -0.363 e. The maximum Gasteiger partial charge on any atom is 0.416 e. The summed E-state index contributed by atoms with van der Waals surface area (Å²) in [6, 6.07) is 11.3. The molecule has 0 fully saturated rings. The van der Waals surface area contributed by atoms with Crippen molar-refractivity contribution in [2.75, 3.05) is 32.6 Å². The standard InChI is InChI=1S/C21H28F3N5/c1-15(16-7-5-8-17(13-16)21(22,23)24)11-12-26-20(25-2)27-14-18-9-6-10-19(28-18)29(3)4/h5-10,13,15H,11-12,14H2,1-4H3,(H2,25,26,27). The topological polar surface area (TPSA) is 52.6 Å². The van der Waals surface area contributed by atoms with Crippen molar-refractivity contribution in [1.82, 2.24) is 15.6 Å². The molecule has 0 amide bonds. The van der Waals surface area contributed by atoms with Crippen molar-refractivity contribution >= 4 is 11.8 Å². The van der Waals surface area contributed by atoms with Crippen molar-refractivity contribution in [3.63, 3.8) is 0 Å². The molecule has 0 saturated carbocycles. The predicted octanol–water partition coefficient (Wildman–Crippen LogP) is 4.03. The van der Waals surface area contributed by atoms with Crippen LogP contribution in [0.25, 0.3) is 0 Å². The molecular formula is C21H28F3N5. The Hall–Kier alpha value is -2.77. The van der Waals surface area contributed by atoms with Crippen LogP contribution in [0, 0.1) is 0 Å². The van der Waals surface area contributed by atoms with Gasteiger partial charge in [-0.1, -0.05) is 31.2 Å². The van der Waals surface area contributed by atoms with Crippen LogP contribution in [0.5, 0.6) is 0 Å². The highest BCUT2D eigenvalue weighted by Crippen LogP contribution is 2.31. The second-order valence-corrected chi connectivity index (χ2v) is 7.05. The van der Waals surface area contributed by atoms with Gasteiger partial charge in [0.05, 0.1) is 17.8 Å². The summed E-state index contributed by atoms with van der Waals surface area (Å²) in [7, 11) is 5.55. The van der Waals surface area contributed by atoms with Crippen molar-refractivity contribution in [1.29, 1.82) is 0 Å². The van der Waals surface area contributed by atoms with Crippen LogP contribution >= 0.6 is 0 Å². The monoisotopic (exact) mass is 407 g/mol. The summed E-state index contributed by atoms with van der Waals surface area (Å²) in [5.74, 6) is 1.49. The van der Waals surface area contributed by atoms with E-state index in [-0.39, 0.29) is 5.92 Å². The summed E-state index contributed by atoms with van der Waals surface area (Å²) in [5.41, 5.74) is 0.950. The Labute approximate surface area is 170 Å². The first-order chi connectivity index (χ1) is 13.7. The van der Waals surface area contributed by atoms with E-state index < -0.39 is 11.7 Å². The van der Waals surface area contributed by atoms with E-state index in [1.165, 1.54) is 12.1 Å². The van der Waals surface area contributed by atoms with Crippen LogP contribution in [0.4, 0.5) is 19.0 Å². The Kier molecular flexibility index (Phi) is 7.87. The SMILES string of the molecule is CN=C(NCCC(C)c1cccc(C(F)(F)F)c1)NCc1cccc(N(C)C)n1. The number of guanidine groups is 1. The third kappa shape index (κ3) is 6.96. The van der Waals surface area contributed by atoms with Gasteiger partial charge in [0.2, 0.25) is 0 Å². The first kappa shape index (κ1) is 22.5. The molecule has 0 spiro atoms. The molecule has 2 rings (SSSR count). The summed E-state index contributed by atoms with van der Waals surface area (Å²) < 4.78 is 38.7. The van der Waals surface area contributed by atoms with Crippen molar-refractivity contribution in [3.05, 3.63) is 59.3 Å². The average molecular weight is 407 g/mol. The molecule has 158 valence electrons. The third-order valence-electron chi connectivity index (χ3n) is 4.56. The normalized spacial score (nSPS) is 13.1. The molecule has 1 atom stereocenters. The van der Waals surface area contributed by atoms with Crippen molar-refractivity contribution in [2.24, 2.45) is 4.99 Å². The molecule has 0 bridgehead atoms. The van der Waals surface area contributed by atoms with E-state index in [1.54, 1.807) is 13.1 Å². The smallest absolute Gasteiger partial charge is 0.363 e. The van der Waals surface area contributed by atoms with Gasteiger partial charge < -0.3 is 15.5 Å². The lowest BCUT2D eigenvalue weighted by molar-refractivity contribution is -0.137. The zero-order valence-corrected chi connectivity index (χ0v) is 17.2. The van der Waals surface area contributed by atoms with Gasteiger partial charge >= 0.3 is 6.18 Å². The molecule has 0 radical (unpaired) electrons. The number of alkyl halides is 3. The van der Waals surface area contributed by atoms with Crippen molar-refractivity contribution in [2.45, 2.75) is 32.0 Å². The van der Waals surface area contributed by atoms with Crippen LogP contribution in [0.15, 0.2) is 47.5 Å². The number of anilines is 1. The van der Waals surface area contributed by atoms with Gasteiger partial charge in [-0.25, -0.2) is 4.98 Å². The van der Waals surface area contributed by atoms with E-state index in [2.05, 4.69) is 20.6 Å². The van der Waals surface area contributed by atoms with Gasteiger partial charge in [-0.15, -0.1) is 0 Å². The summed E-state index contributed by atoms with van der Waals surface area (Å²) in [6.45, 7) is 3.02. The highest BCUT2D eigenvalue weighted by Gasteiger charge is 2.30. The number of hydrogen-bond acceptors (Lipinski definition) is 3. The fourth-order valence-corrected chi connectivity index (χ4v) is 2.80. The number of aromatic nitrogens is 1. The fourth-order valence-electron chi connectivity index (χ4n) is 2.80. The maximum atomic E-state index is 12.9. The van der Waals surface area contributed by atoms with E-state index in [0.717, 1.165) is 17.6 Å². The van der Waals surface area contributed by atoms with Crippen LogP contribution in [0.1, 0.15) is 36.1 Å². The van der Waals surface area contributed by atoms with Crippen molar-refractivity contribution in [3.8, 4) is 0 Å². The van der Waals surface area contributed by atoms with Crippen LogP contribution in [-0.4, -0.2) is 38.6 Å². The molecule has 1 unspecified atom stereocenters.